The molecule has 0 spiro atoms. The summed E-state index contributed by atoms with van der Waals surface area (Å²) in [6, 6.07) is 0.865. The van der Waals surface area contributed by atoms with Crippen LogP contribution in [0.5, 0.6) is 0 Å². The molecular weight excluding hydrogens is 294 g/mol. The Morgan fingerprint density at radius 1 is 1.13 bits per heavy atom. The number of rotatable bonds is 1. The fourth-order valence-corrected chi connectivity index (χ4v) is 4.19. The van der Waals surface area contributed by atoms with Crippen LogP contribution < -0.4 is 0 Å². The Labute approximate surface area is 138 Å². The number of nitrogens with zero attached hydrogens (tertiary/aromatic N) is 3. The van der Waals surface area contributed by atoms with Crippen LogP contribution in [-0.4, -0.2) is 70.7 Å². The van der Waals surface area contributed by atoms with Crippen LogP contribution in [0.4, 0.5) is 9.59 Å². The topological polar surface area (TPSA) is 53.1 Å². The maximum absolute atomic E-state index is 12.7. The third kappa shape index (κ3) is 3.12. The minimum Gasteiger partial charge on any atom is -0.444 e. The van der Waals surface area contributed by atoms with Crippen molar-refractivity contribution in [3.05, 3.63) is 0 Å². The first-order valence-electron chi connectivity index (χ1n) is 8.81. The van der Waals surface area contributed by atoms with E-state index in [1.54, 1.807) is 4.90 Å². The number of likely N-dealkylation sites (N-methyl/N-ethyl adjacent to an activating group) is 1. The fourth-order valence-electron chi connectivity index (χ4n) is 4.19. The standard InChI is InChI=1S/C17H29N3O3/c1-17(2,3)23-16(22)19-10-9-13-14(11-19)18(4)15(21)20(13)12-7-5-6-8-12/h12-14H,5-11H2,1-4H3/t13-,14+/m0/s1. The van der Waals surface area contributed by atoms with E-state index in [-0.39, 0.29) is 24.2 Å². The Bertz CT molecular complexity index is 482. The zero-order valence-electron chi connectivity index (χ0n) is 14.7. The van der Waals surface area contributed by atoms with Gasteiger partial charge in [0, 0.05) is 26.2 Å². The lowest BCUT2D eigenvalue weighted by molar-refractivity contribution is 0.0117. The molecule has 0 radical (unpaired) electrons. The number of ether oxygens (including phenoxy) is 1. The van der Waals surface area contributed by atoms with Gasteiger partial charge in [-0.1, -0.05) is 12.8 Å². The first kappa shape index (κ1) is 16.4. The van der Waals surface area contributed by atoms with Gasteiger partial charge in [0.15, 0.2) is 0 Å². The molecule has 3 amide bonds. The van der Waals surface area contributed by atoms with Crippen LogP contribution in [0.2, 0.25) is 0 Å². The Morgan fingerprint density at radius 2 is 1.78 bits per heavy atom. The molecule has 6 nitrogen and oxygen atoms in total. The van der Waals surface area contributed by atoms with Crippen molar-refractivity contribution in [3.8, 4) is 0 Å². The number of piperidine rings is 1. The van der Waals surface area contributed by atoms with Crippen LogP contribution in [0.3, 0.4) is 0 Å². The molecule has 0 N–H and O–H groups in total. The number of likely N-dealkylation sites (tertiary alicyclic amines) is 1. The molecule has 0 aromatic carbocycles. The Hall–Kier alpha value is -1.46. The highest BCUT2D eigenvalue weighted by atomic mass is 16.6. The normalized spacial score (nSPS) is 29.2. The van der Waals surface area contributed by atoms with E-state index in [4.69, 9.17) is 4.74 Å². The second kappa shape index (κ2) is 5.87. The summed E-state index contributed by atoms with van der Waals surface area (Å²) < 4.78 is 5.48. The van der Waals surface area contributed by atoms with E-state index in [2.05, 4.69) is 4.90 Å². The van der Waals surface area contributed by atoms with Gasteiger partial charge >= 0.3 is 12.1 Å². The molecule has 0 aromatic heterocycles. The second-order valence-electron chi connectivity index (χ2n) is 8.09. The first-order chi connectivity index (χ1) is 10.8. The van der Waals surface area contributed by atoms with Crippen molar-refractivity contribution in [2.75, 3.05) is 20.1 Å². The van der Waals surface area contributed by atoms with Crippen molar-refractivity contribution in [2.24, 2.45) is 0 Å². The molecule has 3 aliphatic rings. The summed E-state index contributed by atoms with van der Waals surface area (Å²) in [6.07, 6.45) is 5.27. The van der Waals surface area contributed by atoms with Gasteiger partial charge in [0.2, 0.25) is 0 Å². The van der Waals surface area contributed by atoms with Gasteiger partial charge in [0.1, 0.15) is 5.60 Å². The third-order valence-corrected chi connectivity index (χ3v) is 5.29. The van der Waals surface area contributed by atoms with E-state index in [0.29, 0.717) is 19.1 Å². The lowest BCUT2D eigenvalue weighted by atomic mass is 9.98. The molecule has 130 valence electrons. The number of carbonyl (C=O) groups excluding carboxylic acids is 2. The van der Waals surface area contributed by atoms with Gasteiger partial charge < -0.3 is 19.4 Å². The summed E-state index contributed by atoms with van der Waals surface area (Å²) >= 11 is 0. The smallest absolute Gasteiger partial charge is 0.410 e. The number of hydrogen-bond donors (Lipinski definition) is 0. The number of urea groups is 1. The highest BCUT2D eigenvalue weighted by Crippen LogP contribution is 2.35. The first-order valence-corrected chi connectivity index (χ1v) is 8.81. The Kier molecular flexibility index (Phi) is 4.19. The van der Waals surface area contributed by atoms with Crippen molar-refractivity contribution < 1.29 is 14.3 Å². The maximum Gasteiger partial charge on any atom is 0.410 e. The monoisotopic (exact) mass is 323 g/mol. The molecule has 3 rings (SSSR count). The molecule has 23 heavy (non-hydrogen) atoms. The molecular formula is C17H29N3O3. The highest BCUT2D eigenvalue weighted by Gasteiger charge is 2.50. The molecule has 3 fully saturated rings. The summed E-state index contributed by atoms with van der Waals surface area (Å²) in [4.78, 5) is 30.7. The summed E-state index contributed by atoms with van der Waals surface area (Å²) in [6.45, 7) is 6.88. The molecule has 2 aliphatic heterocycles. The molecule has 2 saturated heterocycles. The van der Waals surface area contributed by atoms with Crippen LogP contribution in [0.15, 0.2) is 0 Å². The summed E-state index contributed by atoms with van der Waals surface area (Å²) in [7, 11) is 1.87. The van der Waals surface area contributed by atoms with Crippen molar-refractivity contribution in [1.29, 1.82) is 0 Å². The lowest BCUT2D eigenvalue weighted by Crippen LogP contribution is -2.54. The minimum atomic E-state index is -0.485. The molecule has 1 aliphatic carbocycles. The summed E-state index contributed by atoms with van der Waals surface area (Å²) in [5.74, 6) is 0. The molecule has 0 bridgehead atoms. The SMILES string of the molecule is CN1C(=O)N(C2CCCC2)[C@H]2CCN(C(=O)OC(C)(C)C)C[C@H]21. The van der Waals surface area contributed by atoms with E-state index in [9.17, 15) is 9.59 Å². The number of amides is 3. The van der Waals surface area contributed by atoms with Gasteiger partial charge in [-0.05, 0) is 40.0 Å². The van der Waals surface area contributed by atoms with Gasteiger partial charge in [-0.25, -0.2) is 9.59 Å². The van der Waals surface area contributed by atoms with E-state index in [1.165, 1.54) is 12.8 Å². The van der Waals surface area contributed by atoms with Crippen molar-refractivity contribution >= 4 is 12.1 Å². The van der Waals surface area contributed by atoms with E-state index in [1.807, 2.05) is 32.7 Å². The Balaban J connectivity index is 1.69. The van der Waals surface area contributed by atoms with Crippen molar-refractivity contribution in [3.63, 3.8) is 0 Å². The number of fused-ring (bicyclic) bond motifs is 1. The summed E-state index contributed by atoms with van der Waals surface area (Å²) in [5, 5.41) is 0. The Morgan fingerprint density at radius 3 is 2.39 bits per heavy atom. The van der Waals surface area contributed by atoms with Crippen LogP contribution in [0.25, 0.3) is 0 Å². The van der Waals surface area contributed by atoms with Crippen molar-refractivity contribution in [1.82, 2.24) is 14.7 Å². The maximum atomic E-state index is 12.7. The molecule has 0 unspecified atom stereocenters. The molecule has 2 heterocycles. The second-order valence-corrected chi connectivity index (χ2v) is 8.09. The van der Waals surface area contributed by atoms with Gasteiger partial charge in [0.25, 0.3) is 0 Å². The lowest BCUT2D eigenvalue weighted by Gasteiger charge is -2.39. The number of hydrogen-bond acceptors (Lipinski definition) is 3. The van der Waals surface area contributed by atoms with Gasteiger partial charge in [-0.3, -0.25) is 0 Å². The predicted molar refractivity (Wildman–Crippen MR) is 87.3 cm³/mol. The summed E-state index contributed by atoms with van der Waals surface area (Å²) in [5.41, 5.74) is -0.485. The average molecular weight is 323 g/mol. The van der Waals surface area contributed by atoms with E-state index < -0.39 is 5.60 Å². The van der Waals surface area contributed by atoms with Crippen LogP contribution in [0, 0.1) is 0 Å². The molecule has 1 saturated carbocycles. The van der Waals surface area contributed by atoms with Gasteiger partial charge in [-0.2, -0.15) is 0 Å². The third-order valence-electron chi connectivity index (χ3n) is 5.29. The molecule has 6 heteroatoms. The van der Waals surface area contributed by atoms with Crippen LogP contribution in [-0.2, 0) is 4.74 Å². The van der Waals surface area contributed by atoms with Crippen LogP contribution in [0.1, 0.15) is 52.9 Å². The molecule has 2 atom stereocenters. The quantitative estimate of drug-likeness (QED) is 0.745. The van der Waals surface area contributed by atoms with Gasteiger partial charge in [-0.15, -0.1) is 0 Å². The fraction of sp³-hybridized carbons (Fsp3) is 0.882. The zero-order valence-corrected chi connectivity index (χ0v) is 14.7. The van der Waals surface area contributed by atoms with E-state index >= 15 is 0 Å². The average Bonchev–Trinajstić information content (AvgIpc) is 3.05. The zero-order chi connectivity index (χ0) is 16.8. The van der Waals surface area contributed by atoms with Gasteiger partial charge in [0.05, 0.1) is 12.1 Å². The highest BCUT2D eigenvalue weighted by molar-refractivity contribution is 5.78. The van der Waals surface area contributed by atoms with Crippen molar-refractivity contribution in [2.45, 2.75) is 76.6 Å². The van der Waals surface area contributed by atoms with E-state index in [0.717, 1.165) is 19.3 Å². The number of carbonyl (C=O) groups is 2. The largest absolute Gasteiger partial charge is 0.444 e. The van der Waals surface area contributed by atoms with Crippen LogP contribution >= 0.6 is 0 Å². The predicted octanol–water partition coefficient (Wildman–Crippen LogP) is 2.67. The molecule has 0 aromatic rings. The minimum absolute atomic E-state index is 0.0874.